The Labute approximate surface area is 135 Å². The van der Waals surface area contributed by atoms with Crippen LogP contribution in [0.25, 0.3) is 0 Å². The molecule has 0 spiro atoms. The van der Waals surface area contributed by atoms with Crippen molar-refractivity contribution in [3.63, 3.8) is 0 Å². The zero-order valence-electron chi connectivity index (χ0n) is 14.8. The Kier molecular flexibility index (Phi) is 3.73. The van der Waals surface area contributed by atoms with Crippen LogP contribution in [0.1, 0.15) is 85.5 Å². The average Bonchev–Trinajstić information content (AvgIpc) is 2.46. The van der Waals surface area contributed by atoms with E-state index >= 15 is 0 Å². The molecule has 0 radical (unpaired) electrons. The molecule has 22 heavy (non-hydrogen) atoms. The van der Waals surface area contributed by atoms with Gasteiger partial charge in [0.25, 0.3) is 0 Å². The molecule has 3 aliphatic carbocycles. The molecule has 0 aromatic carbocycles. The Hall–Kier alpha value is -0.790. The fourth-order valence-electron chi connectivity index (χ4n) is 5.99. The standard InChI is InChI=1S/C20H32O2/c1-5-18(2)12-9-15-14(13-18)7-8-16-19(15,3)10-6-11-20(16,4)17(21)22/h16H,5-13H2,1-4H3,(H,21,22)/t16-,18+,19-,20-/m1/s1. The van der Waals surface area contributed by atoms with Crippen molar-refractivity contribution in [2.24, 2.45) is 22.2 Å². The van der Waals surface area contributed by atoms with Crippen molar-refractivity contribution in [3.8, 4) is 0 Å². The van der Waals surface area contributed by atoms with Crippen LogP contribution in [-0.2, 0) is 4.79 Å². The number of aliphatic carboxylic acids is 1. The van der Waals surface area contributed by atoms with Gasteiger partial charge in [0, 0.05) is 0 Å². The highest BCUT2D eigenvalue weighted by molar-refractivity contribution is 5.75. The van der Waals surface area contributed by atoms with Gasteiger partial charge in [-0.05, 0) is 68.6 Å². The summed E-state index contributed by atoms with van der Waals surface area (Å²) in [6, 6.07) is 0. The number of hydrogen-bond acceptors (Lipinski definition) is 1. The van der Waals surface area contributed by atoms with Crippen LogP contribution in [0, 0.1) is 22.2 Å². The maximum absolute atomic E-state index is 12.0. The number of carboxylic acid groups (broad SMARTS) is 1. The van der Waals surface area contributed by atoms with E-state index in [9.17, 15) is 9.90 Å². The molecule has 1 fully saturated rings. The van der Waals surface area contributed by atoms with Crippen molar-refractivity contribution < 1.29 is 9.90 Å². The molecule has 0 aliphatic heterocycles. The third kappa shape index (κ3) is 2.17. The SMILES string of the molecule is CC[C@@]1(C)CCC2=C(CC[C@H]3[C@](C)(C(=O)O)CCC[C@]23C)C1. The smallest absolute Gasteiger partial charge is 0.309 e. The number of rotatable bonds is 2. The van der Waals surface area contributed by atoms with Crippen molar-refractivity contribution in [1.29, 1.82) is 0 Å². The van der Waals surface area contributed by atoms with Gasteiger partial charge in [-0.15, -0.1) is 0 Å². The van der Waals surface area contributed by atoms with Gasteiger partial charge in [0.1, 0.15) is 0 Å². The van der Waals surface area contributed by atoms with Gasteiger partial charge in [-0.2, -0.15) is 0 Å². The van der Waals surface area contributed by atoms with Crippen LogP contribution >= 0.6 is 0 Å². The molecule has 0 unspecified atom stereocenters. The number of hydrogen-bond donors (Lipinski definition) is 1. The maximum Gasteiger partial charge on any atom is 0.309 e. The lowest BCUT2D eigenvalue weighted by atomic mass is 9.47. The zero-order chi connectivity index (χ0) is 16.2. The van der Waals surface area contributed by atoms with E-state index in [1.165, 1.54) is 32.1 Å². The molecular formula is C20H32O2. The lowest BCUT2D eigenvalue weighted by Crippen LogP contribution is -2.51. The molecule has 0 saturated heterocycles. The van der Waals surface area contributed by atoms with Crippen LogP contribution in [0.5, 0.6) is 0 Å². The fraction of sp³-hybridized carbons (Fsp3) is 0.850. The van der Waals surface area contributed by atoms with Gasteiger partial charge in [0.05, 0.1) is 5.41 Å². The minimum absolute atomic E-state index is 0.147. The monoisotopic (exact) mass is 304 g/mol. The highest BCUT2D eigenvalue weighted by Gasteiger charge is 2.56. The van der Waals surface area contributed by atoms with Gasteiger partial charge in [-0.3, -0.25) is 4.79 Å². The second kappa shape index (κ2) is 5.11. The topological polar surface area (TPSA) is 37.3 Å². The van der Waals surface area contributed by atoms with E-state index in [0.29, 0.717) is 11.3 Å². The lowest BCUT2D eigenvalue weighted by molar-refractivity contribution is -0.159. The molecule has 0 aromatic rings. The molecule has 0 bridgehead atoms. The molecule has 4 atom stereocenters. The second-order valence-electron chi connectivity index (χ2n) is 9.01. The van der Waals surface area contributed by atoms with Gasteiger partial charge in [0.15, 0.2) is 0 Å². The zero-order valence-corrected chi connectivity index (χ0v) is 14.8. The van der Waals surface area contributed by atoms with Crippen LogP contribution in [0.3, 0.4) is 0 Å². The predicted molar refractivity (Wildman–Crippen MR) is 89.7 cm³/mol. The first kappa shape index (κ1) is 16.1. The van der Waals surface area contributed by atoms with Crippen LogP contribution < -0.4 is 0 Å². The van der Waals surface area contributed by atoms with Gasteiger partial charge < -0.3 is 5.11 Å². The van der Waals surface area contributed by atoms with Crippen LogP contribution in [-0.4, -0.2) is 11.1 Å². The summed E-state index contributed by atoms with van der Waals surface area (Å²) in [5.74, 6) is -0.238. The lowest BCUT2D eigenvalue weighted by Gasteiger charge is -2.56. The summed E-state index contributed by atoms with van der Waals surface area (Å²) in [6.07, 6.45) is 10.4. The first-order valence-corrected chi connectivity index (χ1v) is 9.20. The summed E-state index contributed by atoms with van der Waals surface area (Å²) in [6.45, 7) is 9.16. The van der Waals surface area contributed by atoms with Crippen molar-refractivity contribution in [2.75, 3.05) is 0 Å². The van der Waals surface area contributed by atoms with Crippen molar-refractivity contribution >= 4 is 5.97 Å². The Morgan fingerprint density at radius 3 is 2.55 bits per heavy atom. The van der Waals surface area contributed by atoms with Crippen molar-refractivity contribution in [3.05, 3.63) is 11.1 Å². The van der Waals surface area contributed by atoms with E-state index in [2.05, 4.69) is 20.8 Å². The van der Waals surface area contributed by atoms with E-state index in [-0.39, 0.29) is 5.41 Å². The quantitative estimate of drug-likeness (QED) is 0.677. The Bertz CT molecular complexity index is 520. The van der Waals surface area contributed by atoms with Crippen LogP contribution in [0.4, 0.5) is 0 Å². The Morgan fingerprint density at radius 1 is 1.18 bits per heavy atom. The van der Waals surface area contributed by atoms with Gasteiger partial charge in [-0.25, -0.2) is 0 Å². The first-order valence-electron chi connectivity index (χ1n) is 9.20. The number of carboxylic acids is 1. The van der Waals surface area contributed by atoms with Crippen LogP contribution in [0.2, 0.25) is 0 Å². The third-order valence-electron chi connectivity index (χ3n) is 7.74. The molecule has 1 N–H and O–H groups in total. The number of fused-ring (bicyclic) bond motifs is 2. The summed E-state index contributed by atoms with van der Waals surface area (Å²) >= 11 is 0. The molecule has 2 heteroatoms. The van der Waals surface area contributed by atoms with E-state index in [4.69, 9.17) is 0 Å². The first-order chi connectivity index (χ1) is 10.3. The molecule has 0 amide bonds. The molecule has 3 rings (SSSR count). The third-order valence-corrected chi connectivity index (χ3v) is 7.74. The van der Waals surface area contributed by atoms with Crippen molar-refractivity contribution in [1.82, 2.24) is 0 Å². The average molecular weight is 304 g/mol. The van der Waals surface area contributed by atoms with E-state index in [0.717, 1.165) is 25.7 Å². The summed E-state index contributed by atoms with van der Waals surface area (Å²) in [7, 11) is 0. The molecule has 2 nitrogen and oxygen atoms in total. The highest BCUT2D eigenvalue weighted by Crippen LogP contribution is 2.63. The summed E-state index contributed by atoms with van der Waals surface area (Å²) in [5.41, 5.74) is 3.48. The summed E-state index contributed by atoms with van der Waals surface area (Å²) in [4.78, 5) is 12.0. The summed E-state index contributed by atoms with van der Waals surface area (Å²) in [5, 5.41) is 9.85. The van der Waals surface area contributed by atoms with Gasteiger partial charge >= 0.3 is 5.97 Å². The van der Waals surface area contributed by atoms with E-state index in [1.54, 1.807) is 11.1 Å². The van der Waals surface area contributed by atoms with E-state index < -0.39 is 11.4 Å². The van der Waals surface area contributed by atoms with Crippen LogP contribution in [0.15, 0.2) is 11.1 Å². The molecular weight excluding hydrogens is 272 g/mol. The normalized spacial score (nSPS) is 45.2. The van der Waals surface area contributed by atoms with E-state index in [1.807, 2.05) is 6.92 Å². The number of allylic oxidation sites excluding steroid dienone is 2. The molecule has 0 heterocycles. The molecule has 124 valence electrons. The Balaban J connectivity index is 1.99. The molecule has 0 aromatic heterocycles. The minimum Gasteiger partial charge on any atom is -0.481 e. The minimum atomic E-state index is -0.568. The molecule has 1 saturated carbocycles. The number of carbonyl (C=O) groups is 1. The fourth-order valence-corrected chi connectivity index (χ4v) is 5.99. The predicted octanol–water partition coefficient (Wildman–Crippen LogP) is 5.57. The largest absolute Gasteiger partial charge is 0.481 e. The Morgan fingerprint density at radius 2 is 1.91 bits per heavy atom. The molecule has 3 aliphatic rings. The van der Waals surface area contributed by atoms with Gasteiger partial charge in [-0.1, -0.05) is 44.8 Å². The van der Waals surface area contributed by atoms with Crippen molar-refractivity contribution in [2.45, 2.75) is 85.5 Å². The second-order valence-corrected chi connectivity index (χ2v) is 9.01. The van der Waals surface area contributed by atoms with Gasteiger partial charge in [0.2, 0.25) is 0 Å². The summed E-state index contributed by atoms with van der Waals surface area (Å²) < 4.78 is 0. The maximum atomic E-state index is 12.0. The highest BCUT2D eigenvalue weighted by atomic mass is 16.4.